The van der Waals surface area contributed by atoms with Gasteiger partial charge in [-0.3, -0.25) is 4.79 Å². The van der Waals surface area contributed by atoms with Gasteiger partial charge in [-0.15, -0.1) is 0 Å². The molecule has 1 aliphatic heterocycles. The van der Waals surface area contributed by atoms with E-state index in [-0.39, 0.29) is 17.9 Å². The largest absolute Gasteiger partial charge is 0.507 e. The molecule has 4 rings (SSSR count). The summed E-state index contributed by atoms with van der Waals surface area (Å²) < 4.78 is 20.6. The van der Waals surface area contributed by atoms with E-state index in [9.17, 15) is 19.1 Å². The number of carbonyl (C=O) groups excluding carboxylic acids is 2. The number of aryl methyl sites for hydroxylation is 3. The molecule has 148 valence electrons. The number of rotatable bonds is 3. The molecule has 3 aromatic rings. The number of aliphatic hydroxyl groups is 1. The van der Waals surface area contributed by atoms with Crippen LogP contribution in [-0.4, -0.2) is 28.0 Å². The standard InChI is InChI=1S/C23H20FNO4/c1-12-6-13(2)17(14(3)7-12)9-25-10-18(16-8-15(24)4-5-20(16)25)21(26)19-11-29-23(28)22(19)27/h4-8,10,26H,9,11H2,1-3H3/b21-19-. The summed E-state index contributed by atoms with van der Waals surface area (Å²) >= 11 is 0. The van der Waals surface area contributed by atoms with Crippen molar-refractivity contribution in [3.8, 4) is 0 Å². The molecule has 29 heavy (non-hydrogen) atoms. The second-order valence-corrected chi connectivity index (χ2v) is 7.44. The molecular formula is C23H20FNO4. The lowest BCUT2D eigenvalue weighted by atomic mass is 10.00. The highest BCUT2D eigenvalue weighted by Gasteiger charge is 2.33. The number of carbonyl (C=O) groups is 2. The Morgan fingerprint density at radius 2 is 1.83 bits per heavy atom. The van der Waals surface area contributed by atoms with Crippen molar-refractivity contribution in [2.24, 2.45) is 0 Å². The van der Waals surface area contributed by atoms with Crippen molar-refractivity contribution in [2.75, 3.05) is 6.61 Å². The van der Waals surface area contributed by atoms with Crippen molar-refractivity contribution in [2.45, 2.75) is 27.3 Å². The van der Waals surface area contributed by atoms with Gasteiger partial charge in [-0.1, -0.05) is 17.7 Å². The number of hydrogen-bond donors (Lipinski definition) is 1. The molecule has 6 heteroatoms. The lowest BCUT2D eigenvalue weighted by molar-refractivity contribution is -0.146. The third-order valence-electron chi connectivity index (χ3n) is 5.36. The number of halogens is 1. The van der Waals surface area contributed by atoms with Crippen LogP contribution >= 0.6 is 0 Å². The summed E-state index contributed by atoms with van der Waals surface area (Å²) in [5.41, 5.74) is 5.48. The van der Waals surface area contributed by atoms with Crippen LogP contribution in [0.1, 0.15) is 27.8 Å². The quantitative estimate of drug-likeness (QED) is 0.314. The number of fused-ring (bicyclic) bond motifs is 1. The van der Waals surface area contributed by atoms with E-state index in [2.05, 4.69) is 12.1 Å². The number of aromatic nitrogens is 1. The summed E-state index contributed by atoms with van der Waals surface area (Å²) in [6.45, 7) is 6.36. The van der Waals surface area contributed by atoms with Crippen molar-refractivity contribution < 1.29 is 23.8 Å². The number of nitrogens with zero attached hydrogens (tertiary/aromatic N) is 1. The lowest BCUT2D eigenvalue weighted by Crippen LogP contribution is -2.08. The van der Waals surface area contributed by atoms with E-state index in [0.29, 0.717) is 23.0 Å². The number of ketones is 1. The Kier molecular flexibility index (Phi) is 4.49. The van der Waals surface area contributed by atoms with Crippen LogP contribution in [0.3, 0.4) is 0 Å². The number of hydrogen-bond acceptors (Lipinski definition) is 4. The normalized spacial score (nSPS) is 15.9. The van der Waals surface area contributed by atoms with Gasteiger partial charge in [-0.25, -0.2) is 9.18 Å². The predicted molar refractivity (Wildman–Crippen MR) is 107 cm³/mol. The highest BCUT2D eigenvalue weighted by Crippen LogP contribution is 2.31. The van der Waals surface area contributed by atoms with Crippen molar-refractivity contribution in [1.29, 1.82) is 0 Å². The Hall–Kier alpha value is -3.41. The first kappa shape index (κ1) is 18.9. The fourth-order valence-corrected chi connectivity index (χ4v) is 3.95. The van der Waals surface area contributed by atoms with Crippen molar-refractivity contribution in [1.82, 2.24) is 4.57 Å². The average molecular weight is 393 g/mol. The number of Topliss-reactive ketones (excluding diaryl/α,β-unsaturated/α-hetero) is 1. The molecule has 0 radical (unpaired) electrons. The summed E-state index contributed by atoms with van der Waals surface area (Å²) in [7, 11) is 0. The van der Waals surface area contributed by atoms with Crippen LogP contribution < -0.4 is 0 Å². The first-order valence-corrected chi connectivity index (χ1v) is 9.25. The lowest BCUT2D eigenvalue weighted by Gasteiger charge is -2.13. The van der Waals surface area contributed by atoms with Gasteiger partial charge in [0.05, 0.1) is 5.57 Å². The van der Waals surface area contributed by atoms with Crippen molar-refractivity contribution >= 4 is 28.4 Å². The van der Waals surface area contributed by atoms with Crippen LogP contribution in [-0.2, 0) is 20.9 Å². The fourth-order valence-electron chi connectivity index (χ4n) is 3.95. The molecule has 5 nitrogen and oxygen atoms in total. The molecule has 0 amide bonds. The molecule has 0 spiro atoms. The topological polar surface area (TPSA) is 68.5 Å². The molecule has 1 aromatic heterocycles. The molecule has 0 unspecified atom stereocenters. The Labute approximate surface area is 167 Å². The smallest absolute Gasteiger partial charge is 0.379 e. The van der Waals surface area contributed by atoms with Crippen LogP contribution in [0, 0.1) is 26.6 Å². The predicted octanol–water partition coefficient (Wildman–Crippen LogP) is 4.15. The molecule has 1 fully saturated rings. The molecular weight excluding hydrogens is 373 g/mol. The summed E-state index contributed by atoms with van der Waals surface area (Å²) in [6.07, 6.45) is 1.68. The van der Waals surface area contributed by atoms with E-state index in [1.807, 2.05) is 25.3 Å². The fraction of sp³-hybridized carbons (Fsp3) is 0.217. The monoisotopic (exact) mass is 393 g/mol. The zero-order valence-electron chi connectivity index (χ0n) is 16.4. The molecule has 1 aliphatic rings. The van der Waals surface area contributed by atoms with Gasteiger partial charge >= 0.3 is 5.97 Å². The molecule has 0 saturated carbocycles. The van der Waals surface area contributed by atoms with Crippen molar-refractivity contribution in [3.63, 3.8) is 0 Å². The second-order valence-electron chi connectivity index (χ2n) is 7.44. The number of cyclic esters (lactones) is 1. The SMILES string of the molecule is Cc1cc(C)c(Cn2cc(/C(O)=C3\COC(=O)C3=O)c3cc(F)ccc32)c(C)c1. The molecule has 2 heterocycles. The second kappa shape index (κ2) is 6.88. The van der Waals surface area contributed by atoms with Gasteiger partial charge in [-0.05, 0) is 55.7 Å². The summed E-state index contributed by atoms with van der Waals surface area (Å²) in [5, 5.41) is 11.2. The van der Waals surface area contributed by atoms with Gasteiger partial charge in [-0.2, -0.15) is 0 Å². The summed E-state index contributed by atoms with van der Waals surface area (Å²) in [4.78, 5) is 23.4. The van der Waals surface area contributed by atoms with Crippen LogP contribution in [0.15, 0.2) is 42.1 Å². The van der Waals surface area contributed by atoms with E-state index >= 15 is 0 Å². The summed E-state index contributed by atoms with van der Waals surface area (Å²) in [6, 6.07) is 8.52. The highest BCUT2D eigenvalue weighted by molar-refractivity contribution is 6.43. The van der Waals surface area contributed by atoms with Gasteiger partial charge in [0.2, 0.25) is 0 Å². The first-order valence-electron chi connectivity index (χ1n) is 9.25. The molecule has 2 aromatic carbocycles. The molecule has 0 atom stereocenters. The zero-order valence-corrected chi connectivity index (χ0v) is 16.4. The van der Waals surface area contributed by atoms with E-state index in [4.69, 9.17) is 4.74 Å². The number of ether oxygens (including phenoxy) is 1. The van der Waals surface area contributed by atoms with Crippen LogP contribution in [0.2, 0.25) is 0 Å². The third kappa shape index (κ3) is 3.20. The number of aliphatic hydroxyl groups excluding tert-OH is 1. The van der Waals surface area contributed by atoms with Gasteiger partial charge in [0, 0.05) is 29.2 Å². The molecule has 0 aliphatic carbocycles. The Balaban J connectivity index is 1.89. The first-order chi connectivity index (χ1) is 13.8. The summed E-state index contributed by atoms with van der Waals surface area (Å²) in [5.74, 6) is -2.67. The maximum absolute atomic E-state index is 14.0. The Bertz CT molecular complexity index is 1200. The van der Waals surface area contributed by atoms with Gasteiger partial charge < -0.3 is 14.4 Å². The molecule has 0 bridgehead atoms. The highest BCUT2D eigenvalue weighted by atomic mass is 19.1. The van der Waals surface area contributed by atoms with Crippen LogP contribution in [0.4, 0.5) is 4.39 Å². The van der Waals surface area contributed by atoms with Gasteiger partial charge in [0.15, 0.2) is 0 Å². The molecule has 1 N–H and O–H groups in total. The maximum atomic E-state index is 14.0. The van der Waals surface area contributed by atoms with E-state index in [0.717, 1.165) is 16.7 Å². The van der Waals surface area contributed by atoms with Crippen molar-refractivity contribution in [3.05, 3.63) is 75.7 Å². The average Bonchev–Trinajstić information content (AvgIpc) is 3.18. The minimum absolute atomic E-state index is 0.110. The Morgan fingerprint density at radius 3 is 2.45 bits per heavy atom. The number of esters is 1. The zero-order chi connectivity index (χ0) is 20.9. The van der Waals surface area contributed by atoms with E-state index in [1.54, 1.807) is 12.3 Å². The third-order valence-corrected chi connectivity index (χ3v) is 5.36. The Morgan fingerprint density at radius 1 is 1.14 bits per heavy atom. The van der Waals surface area contributed by atoms with Crippen LogP contribution in [0.25, 0.3) is 16.7 Å². The van der Waals surface area contributed by atoms with Crippen LogP contribution in [0.5, 0.6) is 0 Å². The van der Waals surface area contributed by atoms with Gasteiger partial charge in [0.1, 0.15) is 18.2 Å². The van der Waals surface area contributed by atoms with Gasteiger partial charge in [0.25, 0.3) is 5.78 Å². The van der Waals surface area contributed by atoms with E-state index < -0.39 is 17.6 Å². The number of benzene rings is 2. The maximum Gasteiger partial charge on any atom is 0.379 e. The minimum Gasteiger partial charge on any atom is -0.507 e. The minimum atomic E-state index is -0.993. The molecule has 1 saturated heterocycles. The van der Waals surface area contributed by atoms with E-state index in [1.165, 1.54) is 17.7 Å².